The monoisotopic (exact) mass is 303 g/mol. The molecule has 0 saturated carbocycles. The van der Waals surface area contributed by atoms with Crippen LogP contribution in [0.3, 0.4) is 0 Å². The van der Waals surface area contributed by atoms with E-state index in [1.165, 1.54) is 10.4 Å². The largest absolute Gasteiger partial charge is 0.312 e. The topological polar surface area (TPSA) is 63.9 Å². The van der Waals surface area contributed by atoms with Crippen molar-refractivity contribution in [1.82, 2.24) is 20.2 Å². The number of tetrazole rings is 1. The Labute approximate surface area is 127 Å². The van der Waals surface area contributed by atoms with Crippen molar-refractivity contribution < 1.29 is 4.79 Å². The normalized spacial score (nSPS) is 13.5. The molecule has 0 fully saturated rings. The molecular weight excluding hydrogens is 286 g/mol. The van der Waals surface area contributed by atoms with Crippen molar-refractivity contribution in [3.05, 3.63) is 35.7 Å². The fraction of sp³-hybridized carbons (Fsp3) is 0.429. The predicted molar refractivity (Wildman–Crippen MR) is 82.1 cm³/mol. The Morgan fingerprint density at radius 3 is 3.05 bits per heavy atom. The van der Waals surface area contributed by atoms with Gasteiger partial charge in [0.2, 0.25) is 5.91 Å². The van der Waals surface area contributed by atoms with Crippen LogP contribution in [0.25, 0.3) is 0 Å². The number of carbonyl (C=O) groups excluding carboxylic acids is 1. The highest BCUT2D eigenvalue weighted by atomic mass is 32.2. The fourth-order valence-electron chi connectivity index (χ4n) is 2.44. The van der Waals surface area contributed by atoms with Gasteiger partial charge in [0.05, 0.1) is 12.8 Å². The lowest BCUT2D eigenvalue weighted by atomic mass is 10.2. The second kappa shape index (κ2) is 6.26. The zero-order valence-corrected chi connectivity index (χ0v) is 12.7. The van der Waals surface area contributed by atoms with E-state index in [4.69, 9.17) is 0 Å². The van der Waals surface area contributed by atoms with Crippen molar-refractivity contribution in [3.8, 4) is 0 Å². The van der Waals surface area contributed by atoms with Gasteiger partial charge in [-0.3, -0.25) is 4.79 Å². The molecule has 1 aliphatic rings. The maximum absolute atomic E-state index is 12.3. The molecule has 0 unspecified atom stereocenters. The molecule has 2 aromatic rings. The Bertz CT molecular complexity index is 642. The molecule has 110 valence electrons. The number of carbonyl (C=O) groups is 1. The minimum absolute atomic E-state index is 0.194. The van der Waals surface area contributed by atoms with Crippen molar-refractivity contribution in [2.75, 3.05) is 17.2 Å². The van der Waals surface area contributed by atoms with Gasteiger partial charge in [-0.2, -0.15) is 16.6 Å². The summed E-state index contributed by atoms with van der Waals surface area (Å²) in [6, 6.07) is 8.13. The number of para-hydroxylation sites is 1. The highest BCUT2D eigenvalue weighted by Crippen LogP contribution is 2.28. The SMILES string of the molecule is Cn1nnc(CSCCC(=O)N2CCc3ccccc32)n1. The van der Waals surface area contributed by atoms with E-state index in [2.05, 4.69) is 21.5 Å². The molecule has 21 heavy (non-hydrogen) atoms. The molecule has 0 N–H and O–H groups in total. The molecule has 1 aromatic heterocycles. The van der Waals surface area contributed by atoms with E-state index >= 15 is 0 Å². The number of hydrogen-bond donors (Lipinski definition) is 0. The van der Waals surface area contributed by atoms with Crippen LogP contribution in [0.5, 0.6) is 0 Å². The minimum Gasteiger partial charge on any atom is -0.312 e. The molecule has 2 heterocycles. The van der Waals surface area contributed by atoms with Gasteiger partial charge < -0.3 is 4.90 Å². The summed E-state index contributed by atoms with van der Waals surface area (Å²) in [6.45, 7) is 0.800. The molecule has 1 aromatic carbocycles. The first-order chi connectivity index (χ1) is 10.2. The van der Waals surface area contributed by atoms with Crippen LogP contribution in [-0.4, -0.2) is 38.4 Å². The molecule has 0 aliphatic carbocycles. The first kappa shape index (κ1) is 14.1. The van der Waals surface area contributed by atoms with E-state index < -0.39 is 0 Å². The summed E-state index contributed by atoms with van der Waals surface area (Å²) >= 11 is 1.66. The lowest BCUT2D eigenvalue weighted by Gasteiger charge is -2.16. The molecule has 0 saturated heterocycles. The van der Waals surface area contributed by atoms with Gasteiger partial charge in [0, 0.05) is 24.4 Å². The summed E-state index contributed by atoms with van der Waals surface area (Å²) in [5, 5.41) is 11.8. The van der Waals surface area contributed by atoms with Crippen LogP contribution in [0.15, 0.2) is 24.3 Å². The summed E-state index contributed by atoms with van der Waals surface area (Å²) in [5.74, 6) is 2.37. The molecule has 7 heteroatoms. The third kappa shape index (κ3) is 3.24. The molecule has 0 bridgehead atoms. The number of hydrogen-bond acceptors (Lipinski definition) is 5. The van der Waals surface area contributed by atoms with E-state index in [-0.39, 0.29) is 5.91 Å². The summed E-state index contributed by atoms with van der Waals surface area (Å²) in [5.41, 5.74) is 2.34. The second-order valence-electron chi connectivity index (χ2n) is 4.92. The fourth-order valence-corrected chi connectivity index (χ4v) is 3.20. The lowest BCUT2D eigenvalue weighted by molar-refractivity contribution is -0.118. The Morgan fingerprint density at radius 1 is 1.38 bits per heavy atom. The second-order valence-corrected chi connectivity index (χ2v) is 6.03. The van der Waals surface area contributed by atoms with Crippen LogP contribution in [0, 0.1) is 0 Å². The van der Waals surface area contributed by atoms with Gasteiger partial charge in [0.1, 0.15) is 0 Å². The van der Waals surface area contributed by atoms with Crippen molar-refractivity contribution in [2.24, 2.45) is 7.05 Å². The van der Waals surface area contributed by atoms with E-state index in [0.29, 0.717) is 18.0 Å². The number of aryl methyl sites for hydroxylation is 1. The number of aromatic nitrogens is 4. The Kier molecular flexibility index (Phi) is 4.19. The van der Waals surface area contributed by atoms with Gasteiger partial charge in [0.25, 0.3) is 0 Å². The van der Waals surface area contributed by atoms with Crippen molar-refractivity contribution >= 4 is 23.4 Å². The lowest BCUT2D eigenvalue weighted by Crippen LogP contribution is -2.29. The van der Waals surface area contributed by atoms with Gasteiger partial charge in [-0.05, 0) is 23.3 Å². The first-order valence-electron chi connectivity index (χ1n) is 6.93. The Morgan fingerprint density at radius 2 is 2.24 bits per heavy atom. The van der Waals surface area contributed by atoms with Crippen LogP contribution in [-0.2, 0) is 24.0 Å². The van der Waals surface area contributed by atoms with E-state index in [1.54, 1.807) is 18.8 Å². The quantitative estimate of drug-likeness (QED) is 0.782. The number of fused-ring (bicyclic) bond motifs is 1. The van der Waals surface area contributed by atoms with Crippen LogP contribution >= 0.6 is 11.8 Å². The van der Waals surface area contributed by atoms with Crippen molar-refractivity contribution in [3.63, 3.8) is 0 Å². The van der Waals surface area contributed by atoms with Gasteiger partial charge >= 0.3 is 0 Å². The molecule has 3 rings (SSSR count). The molecule has 1 amide bonds. The van der Waals surface area contributed by atoms with Crippen LogP contribution in [0.1, 0.15) is 17.8 Å². The molecule has 0 spiro atoms. The highest BCUT2D eigenvalue weighted by Gasteiger charge is 2.23. The Balaban J connectivity index is 1.47. The number of nitrogens with zero attached hydrogens (tertiary/aromatic N) is 5. The molecule has 0 radical (unpaired) electrons. The molecular formula is C14H17N5OS. The van der Waals surface area contributed by atoms with Gasteiger partial charge in [-0.1, -0.05) is 18.2 Å². The summed E-state index contributed by atoms with van der Waals surface area (Å²) in [7, 11) is 1.75. The maximum Gasteiger partial charge on any atom is 0.227 e. The smallest absolute Gasteiger partial charge is 0.227 e. The average Bonchev–Trinajstić information content (AvgIpc) is 3.09. The van der Waals surface area contributed by atoms with E-state index in [1.807, 2.05) is 23.1 Å². The first-order valence-corrected chi connectivity index (χ1v) is 8.08. The summed E-state index contributed by atoms with van der Waals surface area (Å²) < 4.78 is 0. The number of rotatable bonds is 5. The number of anilines is 1. The van der Waals surface area contributed by atoms with E-state index in [0.717, 1.165) is 24.4 Å². The highest BCUT2D eigenvalue weighted by molar-refractivity contribution is 7.98. The predicted octanol–water partition coefficient (Wildman–Crippen LogP) is 1.42. The van der Waals surface area contributed by atoms with Crippen LogP contribution in [0.4, 0.5) is 5.69 Å². The maximum atomic E-state index is 12.3. The minimum atomic E-state index is 0.194. The van der Waals surface area contributed by atoms with E-state index in [9.17, 15) is 4.79 Å². The third-order valence-corrected chi connectivity index (χ3v) is 4.38. The van der Waals surface area contributed by atoms with Crippen molar-refractivity contribution in [2.45, 2.75) is 18.6 Å². The molecule has 6 nitrogen and oxygen atoms in total. The molecule has 0 atom stereocenters. The average molecular weight is 303 g/mol. The Hall–Kier alpha value is -1.89. The van der Waals surface area contributed by atoms with Gasteiger partial charge in [0.15, 0.2) is 5.82 Å². The number of thioether (sulfide) groups is 1. The number of amides is 1. The number of benzene rings is 1. The van der Waals surface area contributed by atoms with Crippen LogP contribution < -0.4 is 4.90 Å². The summed E-state index contributed by atoms with van der Waals surface area (Å²) in [4.78, 5) is 15.6. The molecule has 1 aliphatic heterocycles. The van der Waals surface area contributed by atoms with Crippen LogP contribution in [0.2, 0.25) is 0 Å². The van der Waals surface area contributed by atoms with Crippen molar-refractivity contribution in [1.29, 1.82) is 0 Å². The summed E-state index contributed by atoms with van der Waals surface area (Å²) in [6.07, 6.45) is 1.50. The van der Waals surface area contributed by atoms with Gasteiger partial charge in [-0.15, -0.1) is 10.2 Å². The zero-order valence-electron chi connectivity index (χ0n) is 11.9. The standard InChI is InChI=1S/C14H17N5OS/c1-18-16-13(15-17-18)10-21-9-7-14(20)19-8-6-11-4-2-3-5-12(11)19/h2-5H,6-10H2,1H3. The zero-order chi connectivity index (χ0) is 14.7. The third-order valence-electron chi connectivity index (χ3n) is 3.43. The van der Waals surface area contributed by atoms with Gasteiger partial charge in [-0.25, -0.2) is 0 Å².